The van der Waals surface area contributed by atoms with Crippen molar-refractivity contribution in [1.29, 1.82) is 0 Å². The quantitative estimate of drug-likeness (QED) is 0.557. The lowest BCUT2D eigenvalue weighted by atomic mass is 9.92. The van der Waals surface area contributed by atoms with Gasteiger partial charge < -0.3 is 14.2 Å². The van der Waals surface area contributed by atoms with Gasteiger partial charge in [0, 0.05) is 13.2 Å². The maximum absolute atomic E-state index is 11.5. The highest BCUT2D eigenvalue weighted by Gasteiger charge is 2.48. The summed E-state index contributed by atoms with van der Waals surface area (Å²) < 4.78 is 16.8. The summed E-state index contributed by atoms with van der Waals surface area (Å²) in [6, 6.07) is 0. The summed E-state index contributed by atoms with van der Waals surface area (Å²) in [4.78, 5) is 11.5. The van der Waals surface area contributed by atoms with Crippen LogP contribution in [0, 0.1) is 0 Å². The van der Waals surface area contributed by atoms with Gasteiger partial charge in [-0.2, -0.15) is 0 Å². The normalized spacial score (nSPS) is 30.3. The summed E-state index contributed by atoms with van der Waals surface area (Å²) in [7, 11) is 1.68. The summed E-state index contributed by atoms with van der Waals surface area (Å²) in [6.45, 7) is 4.08. The molecule has 0 aromatic heterocycles. The Morgan fingerprint density at radius 3 is 2.78 bits per heavy atom. The minimum atomic E-state index is -0.423. The molecule has 0 aromatic carbocycles. The van der Waals surface area contributed by atoms with E-state index in [9.17, 15) is 4.79 Å². The Bertz CT molecular complexity index is 307. The highest BCUT2D eigenvalue weighted by molar-refractivity contribution is 5.81. The largest absolute Gasteiger partial charge is 0.453 e. The van der Waals surface area contributed by atoms with E-state index in [0.717, 1.165) is 38.5 Å². The Labute approximate surface area is 108 Å². The molecule has 1 aliphatic carbocycles. The van der Waals surface area contributed by atoms with Crippen LogP contribution in [0.3, 0.4) is 0 Å². The highest BCUT2D eigenvalue weighted by Crippen LogP contribution is 2.42. The Hall–Kier alpha value is -0.870. The fraction of sp³-hybridized carbons (Fsp3) is 0.786. The van der Waals surface area contributed by atoms with Gasteiger partial charge in [-0.1, -0.05) is 6.58 Å². The molecule has 2 rings (SSSR count). The molecule has 4 nitrogen and oxygen atoms in total. The molecule has 0 radical (unpaired) electrons. The molecule has 2 atom stereocenters. The van der Waals surface area contributed by atoms with Gasteiger partial charge in [-0.05, 0) is 38.5 Å². The highest BCUT2D eigenvalue weighted by atomic mass is 16.6. The second-order valence-corrected chi connectivity index (χ2v) is 5.18. The van der Waals surface area contributed by atoms with Crippen LogP contribution < -0.4 is 0 Å². The third-order valence-electron chi connectivity index (χ3n) is 3.97. The van der Waals surface area contributed by atoms with Crippen molar-refractivity contribution in [2.24, 2.45) is 0 Å². The van der Waals surface area contributed by atoms with Crippen LogP contribution >= 0.6 is 0 Å². The van der Waals surface area contributed by atoms with Crippen molar-refractivity contribution < 1.29 is 19.0 Å². The number of ether oxygens (including phenoxy) is 3. The van der Waals surface area contributed by atoms with E-state index in [1.165, 1.54) is 6.08 Å². The van der Waals surface area contributed by atoms with E-state index < -0.39 is 5.60 Å². The summed E-state index contributed by atoms with van der Waals surface area (Å²) >= 11 is 0. The van der Waals surface area contributed by atoms with Crippen molar-refractivity contribution in [2.75, 3.05) is 13.7 Å². The third-order valence-corrected chi connectivity index (χ3v) is 3.97. The lowest BCUT2D eigenvalue weighted by Crippen LogP contribution is -2.44. The zero-order valence-corrected chi connectivity index (χ0v) is 11.0. The topological polar surface area (TPSA) is 44.8 Å². The molecular weight excluding hydrogens is 232 g/mol. The maximum Gasteiger partial charge on any atom is 0.330 e. The molecule has 1 heterocycles. The van der Waals surface area contributed by atoms with Gasteiger partial charge in [0.1, 0.15) is 5.60 Å². The summed E-state index contributed by atoms with van der Waals surface area (Å²) in [6.07, 6.45) is 7.31. The summed E-state index contributed by atoms with van der Waals surface area (Å²) in [5, 5.41) is 0. The molecule has 4 heteroatoms. The molecule has 0 bridgehead atoms. The van der Waals surface area contributed by atoms with Crippen LogP contribution in [-0.2, 0) is 19.0 Å². The molecule has 0 N–H and O–H groups in total. The van der Waals surface area contributed by atoms with E-state index >= 15 is 0 Å². The lowest BCUT2D eigenvalue weighted by molar-refractivity contribution is -0.172. The second-order valence-electron chi connectivity index (χ2n) is 5.18. The first-order valence-electron chi connectivity index (χ1n) is 6.70. The van der Waals surface area contributed by atoms with Crippen LogP contribution in [0.4, 0.5) is 0 Å². The zero-order valence-electron chi connectivity index (χ0n) is 11.0. The minimum absolute atomic E-state index is 0.0176. The molecule has 0 spiro atoms. The fourth-order valence-electron chi connectivity index (χ4n) is 3.11. The minimum Gasteiger partial charge on any atom is -0.453 e. The predicted octanol–water partition coefficient (Wildman–Crippen LogP) is 2.22. The van der Waals surface area contributed by atoms with E-state index in [1.807, 2.05) is 0 Å². The molecule has 0 amide bonds. The molecule has 1 saturated carbocycles. The van der Waals surface area contributed by atoms with Gasteiger partial charge in [0.2, 0.25) is 0 Å². The monoisotopic (exact) mass is 254 g/mol. The smallest absolute Gasteiger partial charge is 0.330 e. The maximum atomic E-state index is 11.5. The van der Waals surface area contributed by atoms with Crippen molar-refractivity contribution in [3.63, 3.8) is 0 Å². The van der Waals surface area contributed by atoms with Crippen molar-refractivity contribution in [3.8, 4) is 0 Å². The molecule has 2 unspecified atom stereocenters. The SMILES string of the molecule is C=CC(=O)OC1(C2CCC(COC)O2)CCCC1. The standard InChI is InChI=1S/C14H22O4/c1-3-13(15)18-14(8-4-5-9-14)12-7-6-11(17-12)10-16-2/h3,11-12H,1,4-10H2,2H3. The van der Waals surface area contributed by atoms with Crippen molar-refractivity contribution >= 4 is 5.97 Å². The number of carbonyl (C=O) groups is 1. The number of rotatable bonds is 5. The number of carbonyl (C=O) groups excluding carboxylic acids is 1. The number of hydrogen-bond donors (Lipinski definition) is 0. The van der Waals surface area contributed by atoms with Crippen LogP contribution in [0.1, 0.15) is 38.5 Å². The number of methoxy groups -OCH3 is 1. The molecule has 2 fully saturated rings. The Morgan fingerprint density at radius 1 is 1.44 bits per heavy atom. The van der Waals surface area contributed by atoms with Crippen LogP contribution in [-0.4, -0.2) is 37.5 Å². The molecular formula is C14H22O4. The van der Waals surface area contributed by atoms with Gasteiger partial charge in [-0.25, -0.2) is 4.79 Å². The Morgan fingerprint density at radius 2 is 2.17 bits per heavy atom. The second kappa shape index (κ2) is 5.85. The predicted molar refractivity (Wildman–Crippen MR) is 67.3 cm³/mol. The van der Waals surface area contributed by atoms with Gasteiger partial charge in [0.25, 0.3) is 0 Å². The molecule has 1 aliphatic heterocycles. The van der Waals surface area contributed by atoms with Gasteiger partial charge in [-0.15, -0.1) is 0 Å². The number of esters is 1. The van der Waals surface area contributed by atoms with E-state index in [1.54, 1.807) is 7.11 Å². The summed E-state index contributed by atoms with van der Waals surface area (Å²) in [5.74, 6) is -0.337. The average Bonchev–Trinajstić information content (AvgIpc) is 2.99. The van der Waals surface area contributed by atoms with Crippen LogP contribution in [0.5, 0.6) is 0 Å². The first-order valence-corrected chi connectivity index (χ1v) is 6.70. The molecule has 1 saturated heterocycles. The fourth-order valence-corrected chi connectivity index (χ4v) is 3.11. The molecule has 0 aromatic rings. The van der Waals surface area contributed by atoms with E-state index in [2.05, 4.69) is 6.58 Å². The van der Waals surface area contributed by atoms with E-state index in [-0.39, 0.29) is 18.2 Å². The van der Waals surface area contributed by atoms with Gasteiger partial charge in [-0.3, -0.25) is 0 Å². The summed E-state index contributed by atoms with van der Waals surface area (Å²) in [5.41, 5.74) is -0.423. The molecule has 2 aliphatic rings. The van der Waals surface area contributed by atoms with Gasteiger partial charge in [0.15, 0.2) is 0 Å². The molecule has 18 heavy (non-hydrogen) atoms. The van der Waals surface area contributed by atoms with Crippen molar-refractivity contribution in [3.05, 3.63) is 12.7 Å². The first-order chi connectivity index (χ1) is 8.70. The van der Waals surface area contributed by atoms with Gasteiger partial charge in [0.05, 0.1) is 18.8 Å². The van der Waals surface area contributed by atoms with Crippen LogP contribution in [0.2, 0.25) is 0 Å². The number of hydrogen-bond acceptors (Lipinski definition) is 4. The molecule has 102 valence electrons. The zero-order chi connectivity index (χ0) is 13.0. The Balaban J connectivity index is 2.02. The average molecular weight is 254 g/mol. The van der Waals surface area contributed by atoms with Gasteiger partial charge >= 0.3 is 5.97 Å². The third kappa shape index (κ3) is 2.75. The van der Waals surface area contributed by atoms with E-state index in [0.29, 0.717) is 6.61 Å². The van der Waals surface area contributed by atoms with Crippen LogP contribution in [0.25, 0.3) is 0 Å². The first kappa shape index (κ1) is 13.6. The Kier molecular flexibility index (Phi) is 4.40. The van der Waals surface area contributed by atoms with E-state index in [4.69, 9.17) is 14.2 Å². The van der Waals surface area contributed by atoms with Crippen LogP contribution in [0.15, 0.2) is 12.7 Å². The lowest BCUT2D eigenvalue weighted by Gasteiger charge is -2.34. The van der Waals surface area contributed by atoms with Crippen molar-refractivity contribution in [1.82, 2.24) is 0 Å². The van der Waals surface area contributed by atoms with Crippen molar-refractivity contribution in [2.45, 2.75) is 56.3 Å².